The zero-order valence-corrected chi connectivity index (χ0v) is 11.9. The maximum atomic E-state index is 11.6. The van der Waals surface area contributed by atoms with Crippen LogP contribution in [0.2, 0.25) is 0 Å². The second-order valence-electron chi connectivity index (χ2n) is 4.28. The number of carboxylic acid groups (broad SMARTS) is 1. The van der Waals surface area contributed by atoms with Crippen molar-refractivity contribution in [3.8, 4) is 5.75 Å². The molecule has 1 aromatic rings. The molecule has 0 heterocycles. The summed E-state index contributed by atoms with van der Waals surface area (Å²) < 4.78 is 27.6. The molecule has 112 valence electrons. The maximum Gasteiger partial charge on any atom is 0.322 e. The summed E-state index contributed by atoms with van der Waals surface area (Å²) in [7, 11) is -3.85. The standard InChI is InChI=1S/C12H18N2O5S/c1-2-7-13-20(18,19)14-11(12(16)17)8-9-3-5-10(15)6-4-9/h3-6,11,13-15H,2,7-8H2,1H3,(H,16,17)/t11-/m1/s1. The first-order valence-corrected chi connectivity index (χ1v) is 7.60. The van der Waals surface area contributed by atoms with Gasteiger partial charge in [-0.05, 0) is 30.5 Å². The van der Waals surface area contributed by atoms with Gasteiger partial charge < -0.3 is 10.2 Å². The summed E-state index contributed by atoms with van der Waals surface area (Å²) in [5.41, 5.74) is 0.605. The van der Waals surface area contributed by atoms with Crippen LogP contribution in [-0.2, 0) is 21.4 Å². The lowest BCUT2D eigenvalue weighted by molar-refractivity contribution is -0.138. The lowest BCUT2D eigenvalue weighted by Crippen LogP contribution is -2.47. The Morgan fingerprint density at radius 3 is 2.40 bits per heavy atom. The minimum absolute atomic E-state index is 0.0113. The molecule has 0 aromatic heterocycles. The van der Waals surface area contributed by atoms with Gasteiger partial charge in [0.05, 0.1) is 0 Å². The Kier molecular flexibility index (Phi) is 5.93. The second-order valence-corrected chi connectivity index (χ2v) is 5.81. The number of carbonyl (C=O) groups is 1. The maximum absolute atomic E-state index is 11.6. The Labute approximate surface area is 117 Å². The smallest absolute Gasteiger partial charge is 0.322 e. The van der Waals surface area contributed by atoms with E-state index < -0.39 is 22.2 Å². The third-order valence-corrected chi connectivity index (χ3v) is 3.69. The Morgan fingerprint density at radius 2 is 1.90 bits per heavy atom. The lowest BCUT2D eigenvalue weighted by Gasteiger charge is -2.15. The number of carboxylic acids is 1. The largest absolute Gasteiger partial charge is 0.508 e. The van der Waals surface area contributed by atoms with Gasteiger partial charge in [-0.3, -0.25) is 4.79 Å². The number of phenols is 1. The molecule has 0 spiro atoms. The van der Waals surface area contributed by atoms with E-state index in [1.165, 1.54) is 12.1 Å². The molecule has 1 rings (SSSR count). The Balaban J connectivity index is 2.75. The van der Waals surface area contributed by atoms with Crippen molar-refractivity contribution in [1.29, 1.82) is 0 Å². The monoisotopic (exact) mass is 302 g/mol. The van der Waals surface area contributed by atoms with E-state index in [-0.39, 0.29) is 18.7 Å². The topological polar surface area (TPSA) is 116 Å². The molecule has 0 saturated carbocycles. The van der Waals surface area contributed by atoms with Gasteiger partial charge in [0, 0.05) is 6.54 Å². The van der Waals surface area contributed by atoms with Crippen LogP contribution in [0.1, 0.15) is 18.9 Å². The van der Waals surface area contributed by atoms with Crippen LogP contribution in [0.15, 0.2) is 24.3 Å². The highest BCUT2D eigenvalue weighted by Gasteiger charge is 2.23. The van der Waals surface area contributed by atoms with E-state index in [0.29, 0.717) is 12.0 Å². The molecule has 0 aliphatic rings. The van der Waals surface area contributed by atoms with Crippen LogP contribution in [0.3, 0.4) is 0 Å². The van der Waals surface area contributed by atoms with E-state index in [1.807, 2.05) is 0 Å². The molecular formula is C12H18N2O5S. The normalized spacial score (nSPS) is 13.1. The summed E-state index contributed by atoms with van der Waals surface area (Å²) in [6.07, 6.45) is 0.596. The number of benzene rings is 1. The molecule has 0 bridgehead atoms. The molecule has 0 unspecified atom stereocenters. The summed E-state index contributed by atoms with van der Waals surface area (Å²) in [6.45, 7) is 2.04. The van der Waals surface area contributed by atoms with Crippen molar-refractivity contribution in [2.75, 3.05) is 6.54 Å². The van der Waals surface area contributed by atoms with Crippen molar-refractivity contribution in [2.24, 2.45) is 0 Å². The second kappa shape index (κ2) is 7.22. The number of phenolic OH excluding ortho intramolecular Hbond substituents is 1. The van der Waals surface area contributed by atoms with Crippen LogP contribution in [0.25, 0.3) is 0 Å². The number of nitrogens with one attached hydrogen (secondary N) is 2. The number of rotatable bonds is 8. The van der Waals surface area contributed by atoms with Crippen molar-refractivity contribution < 1.29 is 23.4 Å². The van der Waals surface area contributed by atoms with Gasteiger partial charge in [0.25, 0.3) is 10.2 Å². The highest BCUT2D eigenvalue weighted by molar-refractivity contribution is 7.87. The fourth-order valence-corrected chi connectivity index (χ4v) is 2.63. The predicted molar refractivity (Wildman–Crippen MR) is 73.6 cm³/mol. The van der Waals surface area contributed by atoms with Gasteiger partial charge in [0.2, 0.25) is 0 Å². The fraction of sp³-hybridized carbons (Fsp3) is 0.417. The van der Waals surface area contributed by atoms with Crippen LogP contribution >= 0.6 is 0 Å². The highest BCUT2D eigenvalue weighted by Crippen LogP contribution is 2.11. The predicted octanol–water partition coefficient (Wildman–Crippen LogP) is 0.222. The van der Waals surface area contributed by atoms with Crippen LogP contribution in [0, 0.1) is 0 Å². The van der Waals surface area contributed by atoms with E-state index in [0.717, 1.165) is 0 Å². The average Bonchev–Trinajstić information content (AvgIpc) is 2.38. The van der Waals surface area contributed by atoms with Crippen molar-refractivity contribution >= 4 is 16.2 Å². The Hall–Kier alpha value is -1.64. The van der Waals surface area contributed by atoms with Gasteiger partial charge >= 0.3 is 5.97 Å². The molecule has 0 saturated heterocycles. The quantitative estimate of drug-likeness (QED) is 0.548. The molecular weight excluding hydrogens is 284 g/mol. The highest BCUT2D eigenvalue weighted by atomic mass is 32.2. The van der Waals surface area contributed by atoms with Crippen molar-refractivity contribution in [3.05, 3.63) is 29.8 Å². The molecule has 0 aliphatic heterocycles. The minimum atomic E-state index is -3.85. The third-order valence-electron chi connectivity index (χ3n) is 2.51. The molecule has 1 atom stereocenters. The number of hydrogen-bond donors (Lipinski definition) is 4. The summed E-state index contributed by atoms with van der Waals surface area (Å²) in [6, 6.07) is 4.64. The number of aliphatic carboxylic acids is 1. The zero-order chi connectivity index (χ0) is 15.2. The Morgan fingerprint density at radius 1 is 1.30 bits per heavy atom. The summed E-state index contributed by atoms with van der Waals surface area (Å²) >= 11 is 0. The molecule has 4 N–H and O–H groups in total. The molecule has 7 nitrogen and oxygen atoms in total. The van der Waals surface area contributed by atoms with E-state index in [1.54, 1.807) is 19.1 Å². The summed E-state index contributed by atoms with van der Waals surface area (Å²) in [4.78, 5) is 11.1. The Bertz CT molecular complexity index is 541. The van der Waals surface area contributed by atoms with E-state index in [9.17, 15) is 13.2 Å². The molecule has 0 radical (unpaired) electrons. The molecule has 0 aliphatic carbocycles. The van der Waals surface area contributed by atoms with Crippen LogP contribution in [0.4, 0.5) is 0 Å². The van der Waals surface area contributed by atoms with Gasteiger partial charge in [-0.1, -0.05) is 19.1 Å². The molecule has 8 heteroatoms. The summed E-state index contributed by atoms with van der Waals surface area (Å²) in [5.74, 6) is -1.20. The van der Waals surface area contributed by atoms with Gasteiger partial charge in [-0.2, -0.15) is 13.1 Å². The fourth-order valence-electron chi connectivity index (χ4n) is 1.51. The first-order chi connectivity index (χ1) is 9.34. The van der Waals surface area contributed by atoms with Crippen molar-refractivity contribution in [1.82, 2.24) is 9.44 Å². The average molecular weight is 302 g/mol. The van der Waals surface area contributed by atoms with Crippen molar-refractivity contribution in [3.63, 3.8) is 0 Å². The van der Waals surface area contributed by atoms with E-state index >= 15 is 0 Å². The molecule has 20 heavy (non-hydrogen) atoms. The van der Waals surface area contributed by atoms with Crippen LogP contribution < -0.4 is 9.44 Å². The third kappa shape index (κ3) is 5.55. The van der Waals surface area contributed by atoms with E-state index in [4.69, 9.17) is 10.2 Å². The molecule has 1 aromatic carbocycles. The van der Waals surface area contributed by atoms with Crippen molar-refractivity contribution in [2.45, 2.75) is 25.8 Å². The van der Waals surface area contributed by atoms with Gasteiger partial charge in [0.1, 0.15) is 11.8 Å². The van der Waals surface area contributed by atoms with Crippen LogP contribution in [-0.4, -0.2) is 37.2 Å². The molecule has 0 fully saturated rings. The summed E-state index contributed by atoms with van der Waals surface area (Å²) in [5, 5.41) is 18.2. The molecule has 0 amide bonds. The first kappa shape index (κ1) is 16.4. The number of hydrogen-bond acceptors (Lipinski definition) is 4. The van der Waals surface area contributed by atoms with Crippen LogP contribution in [0.5, 0.6) is 5.75 Å². The zero-order valence-electron chi connectivity index (χ0n) is 11.0. The SMILES string of the molecule is CCCNS(=O)(=O)N[C@H](Cc1ccc(O)cc1)C(=O)O. The van der Waals surface area contributed by atoms with Gasteiger partial charge in [-0.15, -0.1) is 0 Å². The van der Waals surface area contributed by atoms with Gasteiger partial charge in [0.15, 0.2) is 0 Å². The van der Waals surface area contributed by atoms with E-state index in [2.05, 4.69) is 9.44 Å². The first-order valence-electron chi connectivity index (χ1n) is 6.11. The lowest BCUT2D eigenvalue weighted by atomic mass is 10.1. The minimum Gasteiger partial charge on any atom is -0.508 e. The number of aromatic hydroxyl groups is 1. The van der Waals surface area contributed by atoms with Gasteiger partial charge in [-0.25, -0.2) is 4.72 Å².